The number of methoxy groups -OCH3 is 1. The molecule has 0 aliphatic rings. The predicted molar refractivity (Wildman–Crippen MR) is 49.5 cm³/mol. The molecule has 0 saturated carbocycles. The van der Waals surface area contributed by atoms with Crippen molar-refractivity contribution in [2.75, 3.05) is 7.11 Å². The van der Waals surface area contributed by atoms with Crippen LogP contribution in [0.15, 0.2) is 24.3 Å². The number of rotatable bonds is 4. The molecule has 0 bridgehead atoms. The van der Waals surface area contributed by atoms with Crippen LogP contribution >= 0.6 is 0 Å². The Bertz CT molecular complexity index is 391. The van der Waals surface area contributed by atoms with Crippen LogP contribution in [0.2, 0.25) is 0 Å². The molecule has 1 aromatic rings. The Labute approximate surface area is 85.3 Å². The molecule has 1 rings (SSSR count). The average molecular weight is 212 g/mol. The summed E-state index contributed by atoms with van der Waals surface area (Å²) in [6.45, 7) is 0. The van der Waals surface area contributed by atoms with Gasteiger partial charge in [-0.1, -0.05) is 12.1 Å². The van der Waals surface area contributed by atoms with E-state index in [9.17, 15) is 14.0 Å². The lowest BCUT2D eigenvalue weighted by Crippen LogP contribution is -2.32. The first-order valence-electron chi connectivity index (χ1n) is 4.07. The van der Waals surface area contributed by atoms with E-state index < -0.39 is 11.6 Å². The molecule has 1 N–H and O–H groups in total. The van der Waals surface area contributed by atoms with Crippen molar-refractivity contribution in [1.29, 1.82) is 0 Å². The van der Waals surface area contributed by atoms with E-state index in [1.165, 1.54) is 31.4 Å². The zero-order valence-corrected chi connectivity index (χ0v) is 7.94. The number of halogens is 1. The van der Waals surface area contributed by atoms with Crippen molar-refractivity contribution in [3.8, 4) is 5.75 Å². The molecule has 0 amide bonds. The summed E-state index contributed by atoms with van der Waals surface area (Å²) < 4.78 is 18.5. The molecule has 1 aromatic carbocycles. The van der Waals surface area contributed by atoms with E-state index in [-0.39, 0.29) is 17.6 Å². The van der Waals surface area contributed by atoms with Gasteiger partial charge in [-0.3, -0.25) is 4.79 Å². The van der Waals surface area contributed by atoms with Crippen LogP contribution in [0.25, 0.3) is 0 Å². The van der Waals surface area contributed by atoms with Crippen molar-refractivity contribution in [1.82, 2.24) is 0 Å². The standard InChI is InChI=1S/C10H9FO4/c1-15-8-4-2-3-7(5-8)10(11,6-12)9(13)14/h2-6H,1H3,(H,13,14). The molecule has 5 heteroatoms. The minimum absolute atomic E-state index is 0.246. The Morgan fingerprint density at radius 3 is 2.73 bits per heavy atom. The molecule has 0 fully saturated rings. The third-order valence-electron chi connectivity index (χ3n) is 1.96. The van der Waals surface area contributed by atoms with Crippen LogP contribution in [0, 0.1) is 0 Å². The average Bonchev–Trinajstić information content (AvgIpc) is 2.27. The number of benzene rings is 1. The number of aliphatic carboxylic acids is 1. The van der Waals surface area contributed by atoms with Crippen LogP contribution in [0.1, 0.15) is 5.56 Å². The van der Waals surface area contributed by atoms with Gasteiger partial charge in [-0.05, 0) is 12.1 Å². The second-order valence-corrected chi connectivity index (χ2v) is 2.87. The maximum atomic E-state index is 13.7. The highest BCUT2D eigenvalue weighted by Crippen LogP contribution is 2.27. The van der Waals surface area contributed by atoms with Crippen LogP contribution in [0.5, 0.6) is 5.75 Å². The quantitative estimate of drug-likeness (QED) is 0.600. The van der Waals surface area contributed by atoms with E-state index in [1.54, 1.807) is 0 Å². The SMILES string of the molecule is COc1cccc(C(F)(C=O)C(=O)O)c1. The van der Waals surface area contributed by atoms with Gasteiger partial charge in [0.05, 0.1) is 7.11 Å². The van der Waals surface area contributed by atoms with Crippen LogP contribution in [0.4, 0.5) is 4.39 Å². The first kappa shape index (κ1) is 11.2. The van der Waals surface area contributed by atoms with E-state index in [1.807, 2.05) is 0 Å². The van der Waals surface area contributed by atoms with Crippen LogP contribution in [-0.4, -0.2) is 24.5 Å². The van der Waals surface area contributed by atoms with Gasteiger partial charge in [-0.2, -0.15) is 0 Å². The van der Waals surface area contributed by atoms with E-state index in [0.29, 0.717) is 0 Å². The molecule has 0 saturated heterocycles. The summed E-state index contributed by atoms with van der Waals surface area (Å²) in [5, 5.41) is 8.60. The van der Waals surface area contributed by atoms with Crippen molar-refractivity contribution in [3.63, 3.8) is 0 Å². The molecular formula is C10H9FO4. The van der Waals surface area contributed by atoms with E-state index >= 15 is 0 Å². The highest BCUT2D eigenvalue weighted by molar-refractivity contribution is 5.96. The number of carboxylic acid groups (broad SMARTS) is 1. The molecule has 15 heavy (non-hydrogen) atoms. The van der Waals surface area contributed by atoms with Gasteiger partial charge in [0, 0.05) is 5.56 Å². The predicted octanol–water partition coefficient (Wildman–Crippen LogP) is 1.14. The summed E-state index contributed by atoms with van der Waals surface area (Å²) in [5.74, 6) is -1.55. The number of carboxylic acids is 1. The van der Waals surface area contributed by atoms with E-state index in [4.69, 9.17) is 9.84 Å². The fourth-order valence-corrected chi connectivity index (χ4v) is 1.09. The molecule has 0 heterocycles. The molecule has 0 aliphatic carbocycles. The maximum Gasteiger partial charge on any atom is 0.353 e. The molecule has 1 atom stereocenters. The second-order valence-electron chi connectivity index (χ2n) is 2.87. The Hall–Kier alpha value is -1.91. The van der Waals surface area contributed by atoms with Gasteiger partial charge in [0.15, 0.2) is 6.29 Å². The lowest BCUT2D eigenvalue weighted by Gasteiger charge is -2.14. The maximum absolute atomic E-state index is 13.7. The minimum atomic E-state index is -3.02. The van der Waals surface area contributed by atoms with Crippen molar-refractivity contribution in [2.45, 2.75) is 5.67 Å². The fraction of sp³-hybridized carbons (Fsp3) is 0.200. The van der Waals surface area contributed by atoms with Gasteiger partial charge >= 0.3 is 5.97 Å². The van der Waals surface area contributed by atoms with Crippen molar-refractivity contribution in [3.05, 3.63) is 29.8 Å². The minimum Gasteiger partial charge on any atom is -0.497 e. The summed E-state index contributed by atoms with van der Waals surface area (Å²) in [4.78, 5) is 21.1. The first-order valence-corrected chi connectivity index (χ1v) is 4.07. The number of ether oxygens (including phenoxy) is 1. The molecule has 0 aliphatic heterocycles. The van der Waals surface area contributed by atoms with Gasteiger partial charge in [-0.25, -0.2) is 9.18 Å². The first-order chi connectivity index (χ1) is 7.04. The van der Waals surface area contributed by atoms with Crippen molar-refractivity contribution >= 4 is 12.3 Å². The van der Waals surface area contributed by atoms with Crippen LogP contribution in [0.3, 0.4) is 0 Å². The molecule has 0 aromatic heterocycles. The van der Waals surface area contributed by atoms with Gasteiger partial charge < -0.3 is 9.84 Å². The third kappa shape index (κ3) is 1.96. The largest absolute Gasteiger partial charge is 0.497 e. The molecule has 0 radical (unpaired) electrons. The number of carbonyl (C=O) groups is 2. The molecular weight excluding hydrogens is 203 g/mol. The Morgan fingerprint density at radius 1 is 1.60 bits per heavy atom. The van der Waals surface area contributed by atoms with Gasteiger partial charge in [0.1, 0.15) is 5.75 Å². The Kier molecular flexibility index (Phi) is 3.04. The molecule has 4 nitrogen and oxygen atoms in total. The highest BCUT2D eigenvalue weighted by atomic mass is 19.1. The summed E-state index contributed by atoms with van der Waals surface area (Å²) in [5.41, 5.74) is -3.28. The number of hydrogen-bond acceptors (Lipinski definition) is 3. The number of hydrogen-bond donors (Lipinski definition) is 1. The van der Waals surface area contributed by atoms with Gasteiger partial charge in [0.2, 0.25) is 0 Å². The molecule has 1 unspecified atom stereocenters. The van der Waals surface area contributed by atoms with Crippen molar-refractivity contribution in [2.24, 2.45) is 0 Å². The highest BCUT2D eigenvalue weighted by Gasteiger charge is 2.41. The smallest absolute Gasteiger partial charge is 0.353 e. The zero-order valence-electron chi connectivity index (χ0n) is 7.94. The summed E-state index contributed by atoms with van der Waals surface area (Å²) in [7, 11) is 1.36. The summed E-state index contributed by atoms with van der Waals surface area (Å²) in [6, 6.07) is 5.32. The second kappa shape index (κ2) is 4.08. The molecule has 80 valence electrons. The summed E-state index contributed by atoms with van der Waals surface area (Å²) >= 11 is 0. The normalized spacial score (nSPS) is 14.0. The lowest BCUT2D eigenvalue weighted by molar-refractivity contribution is -0.153. The Morgan fingerprint density at radius 2 is 2.27 bits per heavy atom. The lowest BCUT2D eigenvalue weighted by atomic mass is 9.97. The third-order valence-corrected chi connectivity index (χ3v) is 1.96. The topological polar surface area (TPSA) is 63.6 Å². The van der Waals surface area contributed by atoms with Gasteiger partial charge in [-0.15, -0.1) is 0 Å². The number of aldehydes is 1. The van der Waals surface area contributed by atoms with Crippen LogP contribution < -0.4 is 4.74 Å². The van der Waals surface area contributed by atoms with E-state index in [2.05, 4.69) is 0 Å². The monoisotopic (exact) mass is 212 g/mol. The van der Waals surface area contributed by atoms with Crippen molar-refractivity contribution < 1.29 is 23.8 Å². The number of carbonyl (C=O) groups excluding carboxylic acids is 1. The number of alkyl halides is 1. The fourth-order valence-electron chi connectivity index (χ4n) is 1.09. The van der Waals surface area contributed by atoms with E-state index in [0.717, 1.165) is 0 Å². The van der Waals surface area contributed by atoms with Crippen LogP contribution in [-0.2, 0) is 15.3 Å². The summed E-state index contributed by atoms with van der Waals surface area (Å²) in [6.07, 6.45) is -0.246. The Balaban J connectivity index is 3.23. The van der Waals surface area contributed by atoms with Gasteiger partial charge in [0.25, 0.3) is 5.67 Å². The molecule has 0 spiro atoms. The zero-order chi connectivity index (χ0) is 11.5.